The summed E-state index contributed by atoms with van der Waals surface area (Å²) >= 11 is 1.46. The zero-order chi connectivity index (χ0) is 34.5. The number of fused-ring (bicyclic) bond motifs is 2. The number of nitrogen functional groups attached to an aromatic ring is 1. The highest BCUT2D eigenvalue weighted by molar-refractivity contribution is 7.19. The summed E-state index contributed by atoms with van der Waals surface area (Å²) in [6.07, 6.45) is 2.65. The first-order valence-corrected chi connectivity index (χ1v) is 16.2. The van der Waals surface area contributed by atoms with Gasteiger partial charge in [-0.05, 0) is 47.5 Å². The number of aromatic nitrogens is 5. The molecule has 0 saturated heterocycles. The highest BCUT2D eigenvalue weighted by Crippen LogP contribution is 2.32. The van der Waals surface area contributed by atoms with Crippen LogP contribution in [-0.2, 0) is 17.9 Å². The van der Waals surface area contributed by atoms with Crippen LogP contribution in [0.3, 0.4) is 0 Å². The number of imidazole rings is 1. The molecule has 4 N–H and O–H groups in total. The number of para-hydroxylation sites is 1. The summed E-state index contributed by atoms with van der Waals surface area (Å²) in [6, 6.07) is 22.6. The molecule has 0 aliphatic rings. The molecule has 2 aromatic carbocycles. The molecule has 250 valence electrons. The molecule has 15 heteroatoms. The summed E-state index contributed by atoms with van der Waals surface area (Å²) in [7, 11) is 1.84. The van der Waals surface area contributed by atoms with Crippen LogP contribution in [0, 0.1) is 6.57 Å². The number of hydrogen-bond acceptors (Lipinski definition) is 12. The number of carbonyl (C=O) groups is 1. The smallest absolute Gasteiger partial charge is 0.407 e. The summed E-state index contributed by atoms with van der Waals surface area (Å²) in [5, 5.41) is 3.40. The van der Waals surface area contributed by atoms with Crippen LogP contribution in [0.2, 0.25) is 0 Å². The van der Waals surface area contributed by atoms with E-state index in [1.807, 2.05) is 66.5 Å². The maximum atomic E-state index is 12.3. The largest absolute Gasteiger partial charge is 0.471 e. The molecule has 0 bridgehead atoms. The quantitative estimate of drug-likeness (QED) is 0.116. The molecule has 1 amide bonds. The van der Waals surface area contributed by atoms with Crippen LogP contribution >= 0.6 is 11.3 Å². The van der Waals surface area contributed by atoms with Gasteiger partial charge in [0.15, 0.2) is 23.1 Å². The molecular formula is C35H29N9O5S. The van der Waals surface area contributed by atoms with Gasteiger partial charge in [-0.2, -0.15) is 9.97 Å². The minimum Gasteiger partial charge on any atom is -0.471 e. The lowest BCUT2D eigenvalue weighted by molar-refractivity contribution is 0.148. The minimum absolute atomic E-state index is 0.0815. The zero-order valence-electron chi connectivity index (χ0n) is 26.6. The fraction of sp³-hybridized carbons (Fsp3) is 0.143. The van der Waals surface area contributed by atoms with Crippen LogP contribution in [0.1, 0.15) is 21.9 Å². The Morgan fingerprint density at radius 3 is 2.68 bits per heavy atom. The second-order valence-corrected chi connectivity index (χ2v) is 12.0. The van der Waals surface area contributed by atoms with Crippen molar-refractivity contribution in [3.8, 4) is 17.4 Å². The Morgan fingerprint density at radius 2 is 1.84 bits per heavy atom. The molecule has 0 spiro atoms. The van der Waals surface area contributed by atoms with E-state index < -0.39 is 6.09 Å². The van der Waals surface area contributed by atoms with Gasteiger partial charge in [-0.25, -0.2) is 19.6 Å². The Kier molecular flexibility index (Phi) is 9.08. The number of likely N-dealkylation sites (N-methyl/N-ethyl adjacent to an activating group) is 1. The molecule has 0 aliphatic heterocycles. The molecule has 50 heavy (non-hydrogen) atoms. The minimum atomic E-state index is -0.531. The summed E-state index contributed by atoms with van der Waals surface area (Å²) in [5.74, 6) is 2.55. The normalized spacial score (nSPS) is 11.5. The lowest BCUT2D eigenvalue weighted by Crippen LogP contribution is -2.28. The molecule has 5 heterocycles. The highest BCUT2D eigenvalue weighted by atomic mass is 32.1. The predicted octanol–water partition coefficient (Wildman–Crippen LogP) is 6.76. The van der Waals surface area contributed by atoms with E-state index in [2.05, 4.69) is 35.1 Å². The molecule has 7 rings (SSSR count). The van der Waals surface area contributed by atoms with Crippen molar-refractivity contribution in [2.24, 2.45) is 0 Å². The fourth-order valence-corrected chi connectivity index (χ4v) is 5.86. The monoisotopic (exact) mass is 687 g/mol. The van der Waals surface area contributed by atoms with Crippen molar-refractivity contribution in [3.05, 3.63) is 112 Å². The summed E-state index contributed by atoms with van der Waals surface area (Å²) in [5.41, 5.74) is 9.81. The molecule has 0 fully saturated rings. The maximum absolute atomic E-state index is 12.3. The van der Waals surface area contributed by atoms with Crippen molar-refractivity contribution in [1.82, 2.24) is 30.2 Å². The van der Waals surface area contributed by atoms with E-state index in [9.17, 15) is 4.79 Å². The Bertz CT molecular complexity index is 2320. The lowest BCUT2D eigenvalue weighted by atomic mass is 10.1. The van der Waals surface area contributed by atoms with Crippen molar-refractivity contribution in [3.63, 3.8) is 0 Å². The van der Waals surface area contributed by atoms with E-state index in [0.717, 1.165) is 21.3 Å². The number of anilines is 2. The van der Waals surface area contributed by atoms with Gasteiger partial charge in [0.25, 0.3) is 0 Å². The standard InChI is InChI=1S/C35H29N9O5S/c1-37-25(33-41-24-5-3-4-6-28(24)50-33)17-23-11-12-26(48-23)27-13-14-29(49-27)44(2)15-16-46-35(45)38-18-21-7-9-22(10-8-21)19-47-32-30-31(40-20-39-30)42-34(36)43-32/h3-14,17,20H,15-16,18-19H2,2H3,(H,38,45)(H3,36,39,40,42,43)/b25-17-. The average Bonchev–Trinajstić information content (AvgIpc) is 3.95. The number of nitrogens with one attached hydrogen (secondary N) is 2. The molecule has 0 aliphatic carbocycles. The van der Waals surface area contributed by atoms with Crippen LogP contribution in [0.4, 0.5) is 16.6 Å². The number of alkyl carbamates (subject to hydrolysis) is 1. The molecule has 5 aromatic heterocycles. The number of carbonyl (C=O) groups excluding carboxylic acids is 1. The van der Waals surface area contributed by atoms with Crippen molar-refractivity contribution in [2.75, 3.05) is 30.8 Å². The van der Waals surface area contributed by atoms with Crippen LogP contribution in [0.15, 0.2) is 88.0 Å². The molecule has 0 unspecified atom stereocenters. The van der Waals surface area contributed by atoms with Crippen LogP contribution in [0.25, 0.3) is 49.5 Å². The third-order valence-electron chi connectivity index (χ3n) is 7.52. The molecule has 0 atom stereocenters. The van der Waals surface area contributed by atoms with Crippen molar-refractivity contribution < 1.29 is 23.1 Å². The molecule has 0 radical (unpaired) electrons. The SMILES string of the molecule is [C-]#[N+]/C(=C\c1ccc(-c2ccc(N(C)CCOC(=O)NCc3ccc(COc4nc(N)nc5nc[nH]c45)cc3)o2)o1)c1nc2ccccc2s1. The Labute approximate surface area is 289 Å². The first kappa shape index (κ1) is 31.9. The number of ether oxygens (including phenoxy) is 2. The van der Waals surface area contributed by atoms with E-state index >= 15 is 0 Å². The summed E-state index contributed by atoms with van der Waals surface area (Å²) in [4.78, 5) is 37.6. The van der Waals surface area contributed by atoms with Gasteiger partial charge < -0.3 is 39.2 Å². The maximum Gasteiger partial charge on any atom is 0.407 e. The van der Waals surface area contributed by atoms with E-state index in [1.54, 1.807) is 24.3 Å². The first-order chi connectivity index (χ1) is 24.4. The average molecular weight is 688 g/mol. The number of thiazole rings is 1. The Morgan fingerprint density at radius 1 is 1.04 bits per heavy atom. The number of rotatable bonds is 12. The number of furan rings is 2. The van der Waals surface area contributed by atoms with E-state index in [-0.39, 0.29) is 19.2 Å². The number of hydrogen-bond donors (Lipinski definition) is 3. The van der Waals surface area contributed by atoms with Crippen molar-refractivity contribution in [1.29, 1.82) is 0 Å². The molecule has 0 saturated carbocycles. The van der Waals surface area contributed by atoms with Crippen LogP contribution < -0.4 is 20.7 Å². The Hall–Kier alpha value is -6.66. The lowest BCUT2D eigenvalue weighted by Gasteiger charge is -2.16. The first-order valence-electron chi connectivity index (χ1n) is 15.4. The van der Waals surface area contributed by atoms with Gasteiger partial charge >= 0.3 is 6.09 Å². The number of benzene rings is 2. The third kappa shape index (κ3) is 7.25. The third-order valence-corrected chi connectivity index (χ3v) is 8.57. The van der Waals surface area contributed by atoms with Gasteiger partial charge in [-0.3, -0.25) is 0 Å². The molecular weight excluding hydrogens is 659 g/mol. The van der Waals surface area contributed by atoms with Gasteiger partial charge in [-0.1, -0.05) is 36.4 Å². The van der Waals surface area contributed by atoms with Gasteiger partial charge in [0.2, 0.25) is 17.5 Å². The van der Waals surface area contributed by atoms with Gasteiger partial charge in [0.05, 0.1) is 29.7 Å². The molecule has 14 nitrogen and oxygen atoms in total. The number of H-pyrrole nitrogens is 1. The van der Waals surface area contributed by atoms with Gasteiger partial charge in [0.1, 0.15) is 29.5 Å². The molecule has 7 aromatic rings. The van der Waals surface area contributed by atoms with Crippen molar-refractivity contribution in [2.45, 2.75) is 13.2 Å². The number of aromatic amines is 1. The predicted molar refractivity (Wildman–Crippen MR) is 189 cm³/mol. The fourth-order valence-electron chi connectivity index (χ4n) is 4.93. The second kappa shape index (κ2) is 14.2. The summed E-state index contributed by atoms with van der Waals surface area (Å²) < 4.78 is 24.2. The highest BCUT2D eigenvalue weighted by Gasteiger charge is 2.15. The zero-order valence-corrected chi connectivity index (χ0v) is 27.4. The van der Waals surface area contributed by atoms with Crippen LogP contribution in [-0.4, -0.2) is 51.2 Å². The van der Waals surface area contributed by atoms with Gasteiger partial charge in [0, 0.05) is 19.7 Å². The number of amides is 1. The van der Waals surface area contributed by atoms with Crippen LogP contribution in [0.5, 0.6) is 5.88 Å². The van der Waals surface area contributed by atoms with E-state index in [1.165, 1.54) is 17.7 Å². The number of nitrogens with zero attached hydrogens (tertiary/aromatic N) is 6. The van der Waals surface area contributed by atoms with E-state index in [4.69, 9.17) is 30.6 Å². The second-order valence-electron chi connectivity index (χ2n) is 11.0. The van der Waals surface area contributed by atoms with Gasteiger partial charge in [-0.15, -0.1) is 11.3 Å². The topological polar surface area (TPSA) is 175 Å². The van der Waals surface area contributed by atoms with E-state index in [0.29, 0.717) is 64.0 Å². The Balaban J connectivity index is 0.856. The van der Waals surface area contributed by atoms with Crippen molar-refractivity contribution >= 4 is 62.4 Å². The summed E-state index contributed by atoms with van der Waals surface area (Å²) in [6.45, 7) is 8.77. The number of nitrogens with two attached hydrogens (primary N) is 1.